The maximum Gasteiger partial charge on any atom is 0.230 e. The highest BCUT2D eigenvalue weighted by Gasteiger charge is 2.29. The van der Waals surface area contributed by atoms with Gasteiger partial charge in [0.25, 0.3) is 0 Å². The summed E-state index contributed by atoms with van der Waals surface area (Å²) in [5, 5.41) is 9.53. The summed E-state index contributed by atoms with van der Waals surface area (Å²) in [5.41, 5.74) is 0. The number of hydrogen-bond donors (Lipinski definition) is 1. The number of aliphatic hydroxyl groups excluding tert-OH is 1. The first-order valence-electron chi connectivity index (χ1n) is 4.13. The van der Waals surface area contributed by atoms with Crippen molar-refractivity contribution in [2.24, 2.45) is 0 Å². The Bertz CT molecular complexity index is 354. The number of aromatic nitrogens is 2. The van der Waals surface area contributed by atoms with Crippen LogP contribution in [0.25, 0.3) is 0 Å². The van der Waals surface area contributed by atoms with Crippen LogP contribution in [0.3, 0.4) is 0 Å². The normalized spacial score (nSPS) is 21.7. The predicted octanol–water partition coefficient (Wildman–Crippen LogP) is 0.228. The third-order valence-electron chi connectivity index (χ3n) is 1.99. The lowest BCUT2D eigenvalue weighted by molar-refractivity contribution is -0.117. The molecule has 1 aliphatic rings. The van der Waals surface area contributed by atoms with E-state index in [-0.39, 0.29) is 24.0 Å². The number of halogens is 1. The first-order chi connectivity index (χ1) is 6.66. The summed E-state index contributed by atoms with van der Waals surface area (Å²) >= 11 is 5.56. The van der Waals surface area contributed by atoms with E-state index in [1.54, 1.807) is 0 Å². The first-order valence-corrected chi connectivity index (χ1v) is 4.50. The zero-order valence-corrected chi connectivity index (χ0v) is 7.98. The largest absolute Gasteiger partial charge is 0.391 e. The molecule has 1 aromatic rings. The first kappa shape index (κ1) is 9.36. The van der Waals surface area contributed by atoms with Gasteiger partial charge >= 0.3 is 0 Å². The Hall–Kier alpha value is -1.20. The molecular weight excluding hydrogens is 206 g/mol. The third kappa shape index (κ3) is 1.69. The van der Waals surface area contributed by atoms with Crippen LogP contribution in [0, 0.1) is 0 Å². The Kier molecular flexibility index (Phi) is 2.35. The highest BCUT2D eigenvalue weighted by Crippen LogP contribution is 2.18. The summed E-state index contributed by atoms with van der Waals surface area (Å²) in [7, 11) is 0. The van der Waals surface area contributed by atoms with Crippen molar-refractivity contribution in [2.45, 2.75) is 12.5 Å². The fraction of sp³-hybridized carbons (Fsp3) is 0.375. The molecule has 5 nitrogen and oxygen atoms in total. The average molecular weight is 214 g/mol. The number of hydrogen-bond acceptors (Lipinski definition) is 4. The number of nitrogens with zero attached hydrogens (tertiary/aromatic N) is 3. The lowest BCUT2D eigenvalue weighted by atomic mass is 10.3. The molecule has 1 unspecified atom stereocenters. The molecule has 1 aromatic heterocycles. The van der Waals surface area contributed by atoms with Gasteiger partial charge in [0.15, 0.2) is 5.82 Å². The summed E-state index contributed by atoms with van der Waals surface area (Å²) in [6.45, 7) is 0.273. The zero-order chi connectivity index (χ0) is 10.1. The second-order valence-electron chi connectivity index (χ2n) is 3.06. The molecule has 1 aliphatic heterocycles. The minimum absolute atomic E-state index is 0.143. The number of anilines is 1. The molecule has 1 N–H and O–H groups in total. The van der Waals surface area contributed by atoms with Crippen LogP contribution in [-0.2, 0) is 4.79 Å². The van der Waals surface area contributed by atoms with E-state index in [4.69, 9.17) is 11.6 Å². The van der Waals surface area contributed by atoms with Crippen LogP contribution in [0.5, 0.6) is 0 Å². The molecular formula is C8H8ClN3O2. The van der Waals surface area contributed by atoms with E-state index in [2.05, 4.69) is 9.97 Å². The van der Waals surface area contributed by atoms with Gasteiger partial charge in [0.1, 0.15) is 5.15 Å². The molecule has 1 saturated heterocycles. The van der Waals surface area contributed by atoms with E-state index in [0.29, 0.717) is 5.82 Å². The van der Waals surface area contributed by atoms with Crippen molar-refractivity contribution in [2.75, 3.05) is 11.4 Å². The van der Waals surface area contributed by atoms with Crippen molar-refractivity contribution in [3.05, 3.63) is 17.5 Å². The van der Waals surface area contributed by atoms with E-state index in [9.17, 15) is 9.90 Å². The quantitative estimate of drug-likeness (QED) is 0.725. The van der Waals surface area contributed by atoms with Gasteiger partial charge in [-0.2, -0.15) is 0 Å². The highest BCUT2D eigenvalue weighted by molar-refractivity contribution is 6.29. The SMILES string of the molecule is O=C1CC(O)CN1c1cnc(Cl)cn1. The molecule has 1 fully saturated rings. The summed E-state index contributed by atoms with van der Waals surface area (Å²) in [6.07, 6.45) is 2.32. The van der Waals surface area contributed by atoms with Gasteiger partial charge in [-0.05, 0) is 0 Å². The summed E-state index contributed by atoms with van der Waals surface area (Å²) in [6, 6.07) is 0. The number of amides is 1. The third-order valence-corrected chi connectivity index (χ3v) is 2.18. The molecule has 2 heterocycles. The minimum atomic E-state index is -0.611. The number of aliphatic hydroxyl groups is 1. The van der Waals surface area contributed by atoms with E-state index in [1.807, 2.05) is 0 Å². The van der Waals surface area contributed by atoms with Crippen molar-refractivity contribution >= 4 is 23.3 Å². The molecule has 1 amide bonds. The van der Waals surface area contributed by atoms with Gasteiger partial charge < -0.3 is 5.11 Å². The molecule has 6 heteroatoms. The van der Waals surface area contributed by atoms with Crippen LogP contribution in [0.1, 0.15) is 6.42 Å². The Morgan fingerprint density at radius 1 is 1.50 bits per heavy atom. The molecule has 0 saturated carbocycles. The molecule has 0 aromatic carbocycles. The Balaban J connectivity index is 2.23. The van der Waals surface area contributed by atoms with Crippen LogP contribution in [0.15, 0.2) is 12.4 Å². The average Bonchev–Trinajstić information content (AvgIpc) is 2.47. The van der Waals surface area contributed by atoms with Crippen molar-refractivity contribution in [3.63, 3.8) is 0 Å². The lowest BCUT2D eigenvalue weighted by Gasteiger charge is -2.13. The summed E-state index contributed by atoms with van der Waals surface area (Å²) in [5.74, 6) is 0.282. The molecule has 0 spiro atoms. The van der Waals surface area contributed by atoms with Gasteiger partial charge in [-0.1, -0.05) is 11.6 Å². The van der Waals surface area contributed by atoms with Crippen molar-refractivity contribution in [1.29, 1.82) is 0 Å². The van der Waals surface area contributed by atoms with E-state index in [0.717, 1.165) is 0 Å². The maximum atomic E-state index is 11.3. The van der Waals surface area contributed by atoms with Gasteiger partial charge in [0.2, 0.25) is 5.91 Å². The molecule has 0 aliphatic carbocycles. The van der Waals surface area contributed by atoms with Crippen LogP contribution in [0.4, 0.5) is 5.82 Å². The van der Waals surface area contributed by atoms with Crippen molar-refractivity contribution < 1.29 is 9.90 Å². The molecule has 14 heavy (non-hydrogen) atoms. The topological polar surface area (TPSA) is 66.3 Å². The van der Waals surface area contributed by atoms with Crippen LogP contribution in [-0.4, -0.2) is 33.6 Å². The van der Waals surface area contributed by atoms with Crippen LogP contribution in [0.2, 0.25) is 5.15 Å². The summed E-state index contributed by atoms with van der Waals surface area (Å²) in [4.78, 5) is 20.5. The Labute approximate surface area is 85.3 Å². The second kappa shape index (κ2) is 3.51. The van der Waals surface area contributed by atoms with Gasteiger partial charge in [0.05, 0.1) is 31.5 Å². The predicted molar refractivity (Wildman–Crippen MR) is 50.0 cm³/mol. The monoisotopic (exact) mass is 213 g/mol. The Morgan fingerprint density at radius 3 is 2.79 bits per heavy atom. The van der Waals surface area contributed by atoms with Gasteiger partial charge in [-0.25, -0.2) is 9.97 Å². The number of carbonyl (C=O) groups is 1. The highest BCUT2D eigenvalue weighted by atomic mass is 35.5. The zero-order valence-electron chi connectivity index (χ0n) is 7.22. The number of carbonyl (C=O) groups excluding carboxylic acids is 1. The maximum absolute atomic E-state index is 11.3. The standard InChI is InChI=1S/C8H8ClN3O2/c9-6-2-11-7(3-10-6)12-4-5(13)1-8(12)14/h2-3,5,13H,1,4H2. The van der Waals surface area contributed by atoms with Crippen molar-refractivity contribution in [1.82, 2.24) is 9.97 Å². The molecule has 0 radical (unpaired) electrons. The number of rotatable bonds is 1. The van der Waals surface area contributed by atoms with Gasteiger partial charge in [0, 0.05) is 0 Å². The fourth-order valence-corrected chi connectivity index (χ4v) is 1.45. The van der Waals surface area contributed by atoms with Crippen molar-refractivity contribution in [3.8, 4) is 0 Å². The molecule has 1 atom stereocenters. The number of β-amino-alcohol motifs (C(OH)–C–C–N with tert-alkyl or cyclic N) is 1. The van der Waals surface area contributed by atoms with Crippen LogP contribution < -0.4 is 4.90 Å². The van der Waals surface area contributed by atoms with E-state index >= 15 is 0 Å². The van der Waals surface area contributed by atoms with Gasteiger partial charge in [-0.3, -0.25) is 9.69 Å². The van der Waals surface area contributed by atoms with Crippen LogP contribution >= 0.6 is 11.6 Å². The van der Waals surface area contributed by atoms with Gasteiger partial charge in [-0.15, -0.1) is 0 Å². The second-order valence-corrected chi connectivity index (χ2v) is 3.45. The van der Waals surface area contributed by atoms with E-state index in [1.165, 1.54) is 17.3 Å². The smallest absolute Gasteiger partial charge is 0.230 e. The minimum Gasteiger partial charge on any atom is -0.391 e. The Morgan fingerprint density at radius 2 is 2.29 bits per heavy atom. The summed E-state index contributed by atoms with van der Waals surface area (Å²) < 4.78 is 0. The molecule has 2 rings (SSSR count). The lowest BCUT2D eigenvalue weighted by Crippen LogP contribution is -2.26. The molecule has 0 bridgehead atoms. The fourth-order valence-electron chi connectivity index (χ4n) is 1.36. The van der Waals surface area contributed by atoms with E-state index < -0.39 is 6.10 Å². The molecule has 74 valence electrons.